The molecule has 2 amide bonds. The summed E-state index contributed by atoms with van der Waals surface area (Å²) >= 11 is 0. The average Bonchev–Trinajstić information content (AvgIpc) is 2.66. The summed E-state index contributed by atoms with van der Waals surface area (Å²) < 4.78 is 15.5. The van der Waals surface area contributed by atoms with Crippen LogP contribution in [0.2, 0.25) is 0 Å². The number of hydrazone groups is 1. The van der Waals surface area contributed by atoms with Crippen LogP contribution >= 0.6 is 0 Å². The normalized spacial score (nSPS) is 14.8. The maximum Gasteiger partial charge on any atom is 0.271 e. The number of hydrogen-bond donors (Lipinski definition) is 1. The van der Waals surface area contributed by atoms with E-state index in [9.17, 15) is 9.59 Å². The van der Waals surface area contributed by atoms with Crippen LogP contribution in [0, 0.1) is 0 Å². The van der Waals surface area contributed by atoms with Gasteiger partial charge in [0.2, 0.25) is 5.91 Å². The maximum absolute atomic E-state index is 12.2. The second-order valence-electron chi connectivity index (χ2n) is 5.53. The third-order valence-corrected chi connectivity index (χ3v) is 3.76. The summed E-state index contributed by atoms with van der Waals surface area (Å²) in [6.45, 7) is 3.98. The Morgan fingerprint density at radius 3 is 2.52 bits per heavy atom. The minimum absolute atomic E-state index is 0.0232. The van der Waals surface area contributed by atoms with Crippen LogP contribution in [0.3, 0.4) is 0 Å². The molecule has 8 heteroatoms. The molecule has 1 fully saturated rings. The topological polar surface area (TPSA) is 89.5 Å². The molecule has 0 spiro atoms. The van der Waals surface area contributed by atoms with Crippen molar-refractivity contribution < 1.29 is 23.8 Å². The zero-order valence-corrected chi connectivity index (χ0v) is 14.7. The third-order valence-electron chi connectivity index (χ3n) is 3.76. The van der Waals surface area contributed by atoms with Gasteiger partial charge in [-0.3, -0.25) is 9.59 Å². The smallest absolute Gasteiger partial charge is 0.271 e. The Morgan fingerprint density at radius 2 is 1.88 bits per heavy atom. The lowest BCUT2D eigenvalue weighted by Crippen LogP contribution is -2.41. The first kappa shape index (κ1) is 18.7. The highest BCUT2D eigenvalue weighted by atomic mass is 16.5. The first-order valence-electron chi connectivity index (χ1n) is 7.96. The molecule has 0 aromatic heterocycles. The number of hydrogen-bond acceptors (Lipinski definition) is 6. The Kier molecular flexibility index (Phi) is 6.76. The second-order valence-corrected chi connectivity index (χ2v) is 5.53. The highest BCUT2D eigenvalue weighted by molar-refractivity contribution is 6.01. The molecule has 0 saturated carbocycles. The SMILES string of the molecule is COc1ccc(C(=O)N/N=C(\C)CC(=O)N2CCOCC2)cc1OC. The van der Waals surface area contributed by atoms with Gasteiger partial charge >= 0.3 is 0 Å². The molecule has 1 aliphatic rings. The Labute approximate surface area is 146 Å². The minimum Gasteiger partial charge on any atom is -0.493 e. The molecule has 25 heavy (non-hydrogen) atoms. The lowest BCUT2D eigenvalue weighted by Gasteiger charge is -2.26. The lowest BCUT2D eigenvalue weighted by atomic mass is 10.2. The molecule has 2 rings (SSSR count). The van der Waals surface area contributed by atoms with Crippen molar-refractivity contribution >= 4 is 17.5 Å². The summed E-state index contributed by atoms with van der Waals surface area (Å²) in [6, 6.07) is 4.82. The van der Waals surface area contributed by atoms with Crippen molar-refractivity contribution in [3.05, 3.63) is 23.8 Å². The Morgan fingerprint density at radius 1 is 1.20 bits per heavy atom. The fraction of sp³-hybridized carbons (Fsp3) is 0.471. The number of rotatable bonds is 6. The molecule has 1 aromatic rings. The number of benzene rings is 1. The Hall–Kier alpha value is -2.61. The number of nitrogens with one attached hydrogen (secondary N) is 1. The van der Waals surface area contributed by atoms with Crippen molar-refractivity contribution in [2.75, 3.05) is 40.5 Å². The third kappa shape index (κ3) is 5.18. The number of amides is 2. The summed E-state index contributed by atoms with van der Waals surface area (Å²) in [5.74, 6) is 0.581. The molecule has 1 N–H and O–H groups in total. The molecule has 1 saturated heterocycles. The molecular weight excluding hydrogens is 326 g/mol. The summed E-state index contributed by atoms with van der Waals surface area (Å²) in [5.41, 5.74) is 3.37. The van der Waals surface area contributed by atoms with Crippen LogP contribution in [0.1, 0.15) is 23.7 Å². The summed E-state index contributed by atoms with van der Waals surface area (Å²) in [6.07, 6.45) is 0.159. The van der Waals surface area contributed by atoms with E-state index in [1.165, 1.54) is 14.2 Å². The van der Waals surface area contributed by atoms with Crippen molar-refractivity contribution in [3.63, 3.8) is 0 Å². The predicted octanol–water partition coefficient (Wildman–Crippen LogP) is 1.06. The van der Waals surface area contributed by atoms with Gasteiger partial charge in [-0.15, -0.1) is 0 Å². The van der Waals surface area contributed by atoms with Gasteiger partial charge in [0.05, 0.1) is 33.9 Å². The number of carbonyl (C=O) groups excluding carboxylic acids is 2. The molecule has 0 unspecified atom stereocenters. The molecule has 1 heterocycles. The van der Waals surface area contributed by atoms with Gasteiger partial charge in [-0.1, -0.05) is 0 Å². The Bertz CT molecular complexity index is 654. The summed E-state index contributed by atoms with van der Waals surface area (Å²) in [7, 11) is 3.02. The van der Waals surface area contributed by atoms with E-state index in [0.29, 0.717) is 49.1 Å². The zero-order valence-electron chi connectivity index (χ0n) is 14.7. The first-order valence-corrected chi connectivity index (χ1v) is 7.96. The van der Waals surface area contributed by atoms with Crippen LogP contribution in [0.5, 0.6) is 11.5 Å². The molecular formula is C17H23N3O5. The molecule has 0 aliphatic carbocycles. The van der Waals surface area contributed by atoms with Gasteiger partial charge in [0.25, 0.3) is 5.91 Å². The standard InChI is InChI=1S/C17H23N3O5/c1-12(10-16(21)20-6-8-25-9-7-20)18-19-17(22)13-4-5-14(23-2)15(11-13)24-3/h4-5,11H,6-10H2,1-3H3,(H,19,22)/b18-12+. The quantitative estimate of drug-likeness (QED) is 0.613. The fourth-order valence-corrected chi connectivity index (χ4v) is 2.37. The van der Waals surface area contributed by atoms with E-state index in [4.69, 9.17) is 14.2 Å². The van der Waals surface area contributed by atoms with Gasteiger partial charge in [0.15, 0.2) is 11.5 Å². The van der Waals surface area contributed by atoms with Crippen molar-refractivity contribution in [1.29, 1.82) is 0 Å². The summed E-state index contributed by atoms with van der Waals surface area (Å²) in [4.78, 5) is 26.0. The molecule has 1 aromatic carbocycles. The van der Waals surface area contributed by atoms with E-state index >= 15 is 0 Å². The molecule has 0 atom stereocenters. The van der Waals surface area contributed by atoms with Gasteiger partial charge in [-0.2, -0.15) is 5.10 Å². The first-order chi connectivity index (χ1) is 12.0. The van der Waals surface area contributed by atoms with E-state index < -0.39 is 0 Å². The number of nitrogens with zero attached hydrogens (tertiary/aromatic N) is 2. The van der Waals surface area contributed by atoms with Crippen LogP contribution in [-0.2, 0) is 9.53 Å². The van der Waals surface area contributed by atoms with Crippen molar-refractivity contribution in [3.8, 4) is 11.5 Å². The van der Waals surface area contributed by atoms with Gasteiger partial charge in [-0.25, -0.2) is 5.43 Å². The van der Waals surface area contributed by atoms with Crippen LogP contribution < -0.4 is 14.9 Å². The van der Waals surface area contributed by atoms with Crippen LogP contribution in [0.25, 0.3) is 0 Å². The highest BCUT2D eigenvalue weighted by Gasteiger charge is 2.17. The number of ether oxygens (including phenoxy) is 3. The van der Waals surface area contributed by atoms with Crippen LogP contribution in [-0.4, -0.2) is 62.9 Å². The number of carbonyl (C=O) groups is 2. The van der Waals surface area contributed by atoms with E-state index in [1.807, 2.05) is 0 Å². The van der Waals surface area contributed by atoms with Gasteiger partial charge < -0.3 is 19.1 Å². The van der Waals surface area contributed by atoms with Gasteiger partial charge in [-0.05, 0) is 25.1 Å². The van der Waals surface area contributed by atoms with Crippen LogP contribution in [0.15, 0.2) is 23.3 Å². The molecule has 0 radical (unpaired) electrons. The molecule has 8 nitrogen and oxygen atoms in total. The van der Waals surface area contributed by atoms with Crippen LogP contribution in [0.4, 0.5) is 0 Å². The van der Waals surface area contributed by atoms with Gasteiger partial charge in [0.1, 0.15) is 0 Å². The zero-order chi connectivity index (χ0) is 18.2. The van der Waals surface area contributed by atoms with Crippen molar-refractivity contribution in [2.24, 2.45) is 5.10 Å². The largest absolute Gasteiger partial charge is 0.493 e. The summed E-state index contributed by atoms with van der Waals surface area (Å²) in [5, 5.41) is 4.00. The van der Waals surface area contributed by atoms with Crippen molar-refractivity contribution in [2.45, 2.75) is 13.3 Å². The fourth-order valence-electron chi connectivity index (χ4n) is 2.37. The lowest BCUT2D eigenvalue weighted by molar-refractivity contribution is -0.133. The van der Waals surface area contributed by atoms with E-state index in [0.717, 1.165) is 0 Å². The predicted molar refractivity (Wildman–Crippen MR) is 92.1 cm³/mol. The minimum atomic E-state index is -0.390. The maximum atomic E-state index is 12.2. The molecule has 1 aliphatic heterocycles. The van der Waals surface area contributed by atoms with Crippen molar-refractivity contribution in [1.82, 2.24) is 10.3 Å². The molecule has 0 bridgehead atoms. The number of morpholine rings is 1. The van der Waals surface area contributed by atoms with E-state index in [1.54, 1.807) is 30.0 Å². The molecule has 136 valence electrons. The Balaban J connectivity index is 1.93. The van der Waals surface area contributed by atoms with Gasteiger partial charge in [0, 0.05) is 24.4 Å². The monoisotopic (exact) mass is 349 g/mol. The highest BCUT2D eigenvalue weighted by Crippen LogP contribution is 2.27. The van der Waals surface area contributed by atoms with E-state index in [2.05, 4.69) is 10.5 Å². The second kappa shape index (κ2) is 9.03. The average molecular weight is 349 g/mol. The van der Waals surface area contributed by atoms with E-state index in [-0.39, 0.29) is 18.2 Å². The number of methoxy groups -OCH3 is 2.